The predicted octanol–water partition coefficient (Wildman–Crippen LogP) is 2.71. The summed E-state index contributed by atoms with van der Waals surface area (Å²) in [4.78, 5) is 0. The molecule has 0 fully saturated rings. The minimum atomic E-state index is 0.790. The molecule has 0 amide bonds. The summed E-state index contributed by atoms with van der Waals surface area (Å²) in [5.74, 6) is 0. The van der Waals surface area contributed by atoms with Crippen LogP contribution in [0.2, 0.25) is 0 Å². The lowest BCUT2D eigenvalue weighted by Crippen LogP contribution is -1.61. The van der Waals surface area contributed by atoms with Gasteiger partial charge >= 0.3 is 0 Å². The van der Waals surface area contributed by atoms with Crippen molar-refractivity contribution in [1.29, 1.82) is 0 Å². The third-order valence-corrected chi connectivity index (χ3v) is 1.03. The molecule has 0 bridgehead atoms. The van der Waals surface area contributed by atoms with Gasteiger partial charge in [-0.3, -0.25) is 0 Å². The lowest BCUT2D eigenvalue weighted by molar-refractivity contribution is 1.35. The Hall–Kier alpha value is -0.230. The fraction of sp³-hybridized carbons (Fsp3) is 0.333. The van der Waals surface area contributed by atoms with Gasteiger partial charge in [0.1, 0.15) is 0 Å². The molecule has 40 valence electrons. The fourth-order valence-corrected chi connectivity index (χ4v) is 0.365. The molecule has 0 aliphatic rings. The second-order valence-corrected chi connectivity index (χ2v) is 1.71. The average molecular weight is 117 g/mol. The highest BCUT2D eigenvalue weighted by molar-refractivity contribution is 6.29. The molecule has 0 spiro atoms. The highest BCUT2D eigenvalue weighted by atomic mass is 35.5. The number of hydrogen-bond donors (Lipinski definition) is 0. The Labute approximate surface area is 49.5 Å². The van der Waals surface area contributed by atoms with E-state index in [2.05, 4.69) is 6.58 Å². The summed E-state index contributed by atoms with van der Waals surface area (Å²) in [5, 5.41) is 0.856. The first kappa shape index (κ1) is 6.77. The van der Waals surface area contributed by atoms with E-state index in [1.54, 1.807) is 6.08 Å². The molecule has 0 saturated carbocycles. The molecule has 7 heavy (non-hydrogen) atoms. The van der Waals surface area contributed by atoms with Crippen LogP contribution in [0.5, 0.6) is 0 Å². The minimum Gasteiger partial charge on any atom is -0.103 e. The van der Waals surface area contributed by atoms with Crippen molar-refractivity contribution in [1.82, 2.24) is 0 Å². The van der Waals surface area contributed by atoms with Crippen LogP contribution in [0.3, 0.4) is 0 Å². The summed E-state index contributed by atoms with van der Waals surface area (Å²) in [7, 11) is 0. The van der Waals surface area contributed by atoms with E-state index in [0.717, 1.165) is 11.5 Å². The van der Waals surface area contributed by atoms with Crippen molar-refractivity contribution in [2.24, 2.45) is 0 Å². The molecule has 0 rings (SSSR count). The summed E-state index contributed by atoms with van der Waals surface area (Å²) in [5.41, 5.74) is 0. The second kappa shape index (κ2) is 3.94. The first-order valence-electron chi connectivity index (χ1n) is 2.23. The zero-order chi connectivity index (χ0) is 5.70. The molecule has 0 aliphatic carbocycles. The van der Waals surface area contributed by atoms with Gasteiger partial charge in [-0.2, -0.15) is 0 Å². The maximum atomic E-state index is 5.56. The summed E-state index contributed by atoms with van der Waals surface area (Å²) in [6, 6.07) is 0. The molecule has 0 aliphatic heterocycles. The molecule has 0 radical (unpaired) electrons. The van der Waals surface area contributed by atoms with Crippen molar-refractivity contribution in [3.05, 3.63) is 23.8 Å². The Morgan fingerprint density at radius 3 is 2.57 bits per heavy atom. The molecule has 0 aromatic heterocycles. The molecule has 0 aromatic carbocycles. The average Bonchev–Trinajstić information content (AvgIpc) is 1.68. The first-order chi connectivity index (χ1) is 3.31. The van der Waals surface area contributed by atoms with Gasteiger partial charge in [0.2, 0.25) is 0 Å². The Morgan fingerprint density at radius 2 is 2.43 bits per heavy atom. The van der Waals surface area contributed by atoms with E-state index in [0.29, 0.717) is 0 Å². The molecular formula is C6H9Cl. The van der Waals surface area contributed by atoms with E-state index < -0.39 is 0 Å². The van der Waals surface area contributed by atoms with Gasteiger partial charge in [-0.1, -0.05) is 23.8 Å². The van der Waals surface area contributed by atoms with Gasteiger partial charge in [0.15, 0.2) is 0 Å². The SMILES string of the molecule is C=CC/C(Cl)=C/C. The topological polar surface area (TPSA) is 0 Å². The number of halogens is 1. The maximum absolute atomic E-state index is 5.56. The summed E-state index contributed by atoms with van der Waals surface area (Å²) in [6.07, 6.45) is 4.43. The fourth-order valence-electron chi connectivity index (χ4n) is 0.256. The Balaban J connectivity index is 3.36. The van der Waals surface area contributed by atoms with Gasteiger partial charge in [0.05, 0.1) is 0 Å². The van der Waals surface area contributed by atoms with Crippen LogP contribution in [0.1, 0.15) is 13.3 Å². The van der Waals surface area contributed by atoms with Crippen LogP contribution in [-0.4, -0.2) is 0 Å². The second-order valence-electron chi connectivity index (χ2n) is 1.23. The van der Waals surface area contributed by atoms with Gasteiger partial charge in [0.25, 0.3) is 0 Å². The lowest BCUT2D eigenvalue weighted by atomic mass is 10.4. The Kier molecular flexibility index (Phi) is 3.81. The molecule has 0 aromatic rings. The van der Waals surface area contributed by atoms with Gasteiger partial charge in [0, 0.05) is 11.5 Å². The molecule has 1 heteroatoms. The van der Waals surface area contributed by atoms with E-state index in [9.17, 15) is 0 Å². The van der Waals surface area contributed by atoms with E-state index in [1.807, 2.05) is 13.0 Å². The molecule has 0 saturated heterocycles. The van der Waals surface area contributed by atoms with Gasteiger partial charge < -0.3 is 0 Å². The van der Waals surface area contributed by atoms with Gasteiger partial charge in [-0.25, -0.2) is 0 Å². The Morgan fingerprint density at radius 1 is 1.86 bits per heavy atom. The van der Waals surface area contributed by atoms with Crippen molar-refractivity contribution in [2.75, 3.05) is 0 Å². The van der Waals surface area contributed by atoms with Crippen LogP contribution in [-0.2, 0) is 0 Å². The van der Waals surface area contributed by atoms with Crippen molar-refractivity contribution < 1.29 is 0 Å². The van der Waals surface area contributed by atoms with Crippen molar-refractivity contribution in [3.8, 4) is 0 Å². The molecular weight excluding hydrogens is 108 g/mol. The highest BCUT2D eigenvalue weighted by Crippen LogP contribution is 2.05. The zero-order valence-corrected chi connectivity index (χ0v) is 5.20. The Bertz CT molecular complexity index is 82.2. The van der Waals surface area contributed by atoms with E-state index in [-0.39, 0.29) is 0 Å². The highest BCUT2D eigenvalue weighted by Gasteiger charge is 1.79. The normalized spacial score (nSPS) is 11.4. The number of hydrogen-bond acceptors (Lipinski definition) is 0. The van der Waals surface area contributed by atoms with E-state index >= 15 is 0 Å². The lowest BCUT2D eigenvalue weighted by Gasteiger charge is -1.84. The van der Waals surface area contributed by atoms with Gasteiger partial charge in [-0.15, -0.1) is 6.58 Å². The van der Waals surface area contributed by atoms with Crippen LogP contribution in [0.15, 0.2) is 23.8 Å². The molecule has 0 nitrogen and oxygen atoms in total. The first-order valence-corrected chi connectivity index (χ1v) is 2.60. The third-order valence-electron chi connectivity index (χ3n) is 0.653. The molecule has 0 unspecified atom stereocenters. The number of rotatable bonds is 2. The van der Waals surface area contributed by atoms with Crippen LogP contribution < -0.4 is 0 Å². The summed E-state index contributed by atoms with van der Waals surface area (Å²) >= 11 is 5.56. The summed E-state index contributed by atoms with van der Waals surface area (Å²) in [6.45, 7) is 5.43. The van der Waals surface area contributed by atoms with Crippen molar-refractivity contribution >= 4 is 11.6 Å². The van der Waals surface area contributed by atoms with Crippen LogP contribution >= 0.6 is 11.6 Å². The van der Waals surface area contributed by atoms with E-state index in [4.69, 9.17) is 11.6 Å². The van der Waals surface area contributed by atoms with Crippen LogP contribution in [0.4, 0.5) is 0 Å². The number of allylic oxidation sites excluding steroid dienone is 3. The third kappa shape index (κ3) is 3.60. The predicted molar refractivity (Wildman–Crippen MR) is 34.4 cm³/mol. The quantitative estimate of drug-likeness (QED) is 0.487. The largest absolute Gasteiger partial charge is 0.103 e. The molecule has 0 atom stereocenters. The summed E-state index contributed by atoms with van der Waals surface area (Å²) < 4.78 is 0. The van der Waals surface area contributed by atoms with Crippen molar-refractivity contribution in [3.63, 3.8) is 0 Å². The zero-order valence-electron chi connectivity index (χ0n) is 4.45. The van der Waals surface area contributed by atoms with Crippen molar-refractivity contribution in [2.45, 2.75) is 13.3 Å². The molecule has 0 N–H and O–H groups in total. The molecule has 0 heterocycles. The van der Waals surface area contributed by atoms with Gasteiger partial charge in [-0.05, 0) is 6.92 Å². The smallest absolute Gasteiger partial charge is 0.0175 e. The maximum Gasteiger partial charge on any atom is 0.0175 e. The minimum absolute atomic E-state index is 0.790. The standard InChI is InChI=1S/C6H9Cl/c1-3-5-6(7)4-2/h3-4H,1,5H2,2H3/b6-4-. The van der Waals surface area contributed by atoms with Crippen LogP contribution in [0.25, 0.3) is 0 Å². The van der Waals surface area contributed by atoms with Crippen LogP contribution in [0, 0.1) is 0 Å². The monoisotopic (exact) mass is 116 g/mol. The van der Waals surface area contributed by atoms with E-state index in [1.165, 1.54) is 0 Å².